The maximum Gasteiger partial charge on any atom is 0.467 e. The summed E-state index contributed by atoms with van der Waals surface area (Å²) < 4.78 is 15.3. The van der Waals surface area contributed by atoms with Crippen molar-refractivity contribution in [2.75, 3.05) is 13.1 Å². The van der Waals surface area contributed by atoms with Crippen LogP contribution in [-0.2, 0) is 0 Å². The van der Waals surface area contributed by atoms with Crippen LogP contribution < -0.4 is 14.1 Å². The molecule has 0 saturated carbocycles. The highest BCUT2D eigenvalue weighted by Crippen LogP contribution is 2.40. The minimum Gasteiger partial charge on any atom is -0.665 e. The number of aromatic carboxylic acids is 1. The fourth-order valence-electron chi connectivity index (χ4n) is 1.73. The highest BCUT2D eigenvalue weighted by molar-refractivity contribution is 6.58. The van der Waals surface area contributed by atoms with Gasteiger partial charge in [-0.05, 0) is 18.6 Å². The third kappa shape index (κ3) is 2.74. The van der Waals surface area contributed by atoms with Crippen LogP contribution in [-0.4, -0.2) is 41.0 Å². The maximum atomic E-state index is 11.3. The average Bonchev–Trinajstić information content (AvgIpc) is 2.33. The van der Waals surface area contributed by atoms with Crippen molar-refractivity contribution in [3.8, 4) is 17.2 Å². The van der Waals surface area contributed by atoms with Crippen LogP contribution in [0.25, 0.3) is 0 Å². The Morgan fingerprint density at radius 3 is 2.84 bits per heavy atom. The Balaban J connectivity index is 2.47. The Bertz CT molecular complexity index is 500. The molecular formula is C11H14BO7-. The molecule has 0 radical (unpaired) electrons. The van der Waals surface area contributed by atoms with Gasteiger partial charge >= 0.3 is 12.7 Å². The van der Waals surface area contributed by atoms with Gasteiger partial charge in [-0.3, -0.25) is 0 Å². The van der Waals surface area contributed by atoms with Crippen LogP contribution in [0, 0.1) is 0 Å². The number of ether oxygens (including phenoxy) is 2. The van der Waals surface area contributed by atoms with Gasteiger partial charge in [0.2, 0.25) is 0 Å². The molecule has 0 atom stereocenters. The molecule has 19 heavy (non-hydrogen) atoms. The molecule has 2 rings (SSSR count). The topological polar surface area (TPSA) is 105 Å². The van der Waals surface area contributed by atoms with Crippen molar-refractivity contribution in [2.24, 2.45) is 0 Å². The molecule has 1 aromatic carbocycles. The zero-order chi connectivity index (χ0) is 14.0. The van der Waals surface area contributed by atoms with Crippen molar-refractivity contribution >= 4 is 12.7 Å². The van der Waals surface area contributed by atoms with Crippen molar-refractivity contribution in [3.63, 3.8) is 0 Å². The van der Waals surface area contributed by atoms with Gasteiger partial charge in [-0.25, -0.2) is 4.79 Å². The Labute approximate surface area is 109 Å². The summed E-state index contributed by atoms with van der Waals surface area (Å²) in [4.78, 5) is 11.3. The molecule has 7 nitrogen and oxygen atoms in total. The van der Waals surface area contributed by atoms with Gasteiger partial charge < -0.3 is 29.3 Å². The predicted octanol–water partition coefficient (Wildman–Crippen LogP) is 0.408. The first-order valence-corrected chi connectivity index (χ1v) is 5.90. The normalized spacial score (nSPS) is 15.9. The largest absolute Gasteiger partial charge is 0.665 e. The lowest BCUT2D eigenvalue weighted by atomic mass is 9.80. The number of hydrogen-bond acceptors (Lipinski definition) is 6. The number of carboxylic acids is 1. The SMILES string of the molecule is CCCOc1ccc2c(c1C(=O)O)O[B-](O)(O)CO2. The van der Waals surface area contributed by atoms with Crippen LogP contribution in [0.2, 0.25) is 0 Å². The number of hydrogen-bond donors (Lipinski definition) is 3. The summed E-state index contributed by atoms with van der Waals surface area (Å²) in [7, 11) is 0. The number of carboxylic acid groups (broad SMARTS) is 1. The minimum absolute atomic E-state index is 0.102. The first-order chi connectivity index (χ1) is 8.94. The monoisotopic (exact) mass is 269 g/mol. The Kier molecular flexibility index (Phi) is 3.54. The van der Waals surface area contributed by atoms with Crippen molar-refractivity contribution in [3.05, 3.63) is 17.7 Å². The Morgan fingerprint density at radius 1 is 1.47 bits per heavy atom. The summed E-state index contributed by atoms with van der Waals surface area (Å²) in [5.74, 6) is -1.27. The van der Waals surface area contributed by atoms with E-state index in [1.807, 2.05) is 6.92 Å². The summed E-state index contributed by atoms with van der Waals surface area (Å²) in [5, 5.41) is 28.1. The third-order valence-electron chi connectivity index (χ3n) is 2.52. The quantitative estimate of drug-likeness (QED) is 0.679. The van der Waals surface area contributed by atoms with E-state index < -0.39 is 19.2 Å². The minimum atomic E-state index is -3.21. The van der Waals surface area contributed by atoms with Gasteiger partial charge in [0.25, 0.3) is 0 Å². The fraction of sp³-hybridized carbons (Fsp3) is 0.364. The summed E-state index contributed by atoms with van der Waals surface area (Å²) in [6.45, 7) is -1.43. The molecule has 1 aliphatic heterocycles. The molecule has 1 aromatic rings. The number of fused-ring (bicyclic) bond motifs is 1. The molecule has 0 aliphatic carbocycles. The molecule has 0 fully saturated rings. The molecule has 1 aliphatic rings. The standard InChI is InChI=1S/C11H14BO7/c1-2-5-17-7-3-4-8-10(9(7)11(13)14)19-12(15,16)6-18-8/h3-4,15-16H,2,5-6H2,1H3,(H,13,14)/q-1. The zero-order valence-electron chi connectivity index (χ0n) is 10.3. The lowest BCUT2D eigenvalue weighted by Gasteiger charge is -2.37. The van der Waals surface area contributed by atoms with E-state index in [-0.39, 0.29) is 22.8 Å². The molecule has 8 heteroatoms. The second-order valence-corrected chi connectivity index (χ2v) is 4.21. The second-order valence-electron chi connectivity index (χ2n) is 4.21. The van der Waals surface area contributed by atoms with E-state index in [1.165, 1.54) is 12.1 Å². The van der Waals surface area contributed by atoms with Gasteiger partial charge in [0.15, 0.2) is 5.75 Å². The van der Waals surface area contributed by atoms with Crippen molar-refractivity contribution < 1.29 is 34.1 Å². The highest BCUT2D eigenvalue weighted by atomic mass is 16.7. The van der Waals surface area contributed by atoms with Crippen LogP contribution in [0.1, 0.15) is 23.7 Å². The molecular weight excluding hydrogens is 255 g/mol. The van der Waals surface area contributed by atoms with E-state index in [4.69, 9.17) is 14.1 Å². The average molecular weight is 269 g/mol. The molecule has 1 heterocycles. The van der Waals surface area contributed by atoms with Crippen molar-refractivity contribution in [1.29, 1.82) is 0 Å². The van der Waals surface area contributed by atoms with Gasteiger partial charge in [0.1, 0.15) is 17.1 Å². The second kappa shape index (κ2) is 4.98. The third-order valence-corrected chi connectivity index (χ3v) is 2.52. The van der Waals surface area contributed by atoms with Crippen LogP contribution in [0.5, 0.6) is 17.2 Å². The predicted molar refractivity (Wildman–Crippen MR) is 65.5 cm³/mol. The molecule has 0 bridgehead atoms. The summed E-state index contributed by atoms with van der Waals surface area (Å²) in [5.41, 5.74) is -0.278. The maximum absolute atomic E-state index is 11.3. The van der Waals surface area contributed by atoms with Gasteiger partial charge in [0, 0.05) is 0 Å². The zero-order valence-corrected chi connectivity index (χ0v) is 10.3. The molecule has 0 spiro atoms. The van der Waals surface area contributed by atoms with Gasteiger partial charge in [-0.2, -0.15) is 0 Å². The first-order valence-electron chi connectivity index (χ1n) is 5.90. The lowest BCUT2D eigenvalue weighted by molar-refractivity contribution is 0.0685. The number of rotatable bonds is 4. The number of carbonyl (C=O) groups is 1. The molecule has 3 N–H and O–H groups in total. The molecule has 0 amide bonds. The van der Waals surface area contributed by atoms with E-state index in [9.17, 15) is 19.9 Å². The van der Waals surface area contributed by atoms with E-state index in [1.54, 1.807) is 0 Å². The molecule has 104 valence electrons. The van der Waals surface area contributed by atoms with E-state index in [0.717, 1.165) is 0 Å². The fourth-order valence-corrected chi connectivity index (χ4v) is 1.73. The molecule has 0 unspecified atom stereocenters. The summed E-state index contributed by atoms with van der Waals surface area (Å²) in [6, 6.07) is 2.92. The Hall–Kier alpha value is -1.93. The van der Waals surface area contributed by atoms with Crippen LogP contribution in [0.3, 0.4) is 0 Å². The highest BCUT2D eigenvalue weighted by Gasteiger charge is 2.34. The number of benzene rings is 1. The first kappa shape index (κ1) is 13.5. The van der Waals surface area contributed by atoms with Crippen molar-refractivity contribution in [1.82, 2.24) is 0 Å². The van der Waals surface area contributed by atoms with Gasteiger partial charge in [0.05, 0.1) is 13.1 Å². The van der Waals surface area contributed by atoms with Gasteiger partial charge in [-0.1, -0.05) is 6.92 Å². The molecule has 0 aromatic heterocycles. The van der Waals surface area contributed by atoms with Crippen LogP contribution in [0.4, 0.5) is 0 Å². The van der Waals surface area contributed by atoms with Crippen LogP contribution in [0.15, 0.2) is 12.1 Å². The lowest BCUT2D eigenvalue weighted by Crippen LogP contribution is -2.51. The summed E-state index contributed by atoms with van der Waals surface area (Å²) >= 11 is 0. The van der Waals surface area contributed by atoms with Gasteiger partial charge in [-0.15, -0.1) is 0 Å². The molecule has 0 saturated heterocycles. The van der Waals surface area contributed by atoms with E-state index in [0.29, 0.717) is 13.0 Å². The van der Waals surface area contributed by atoms with Crippen molar-refractivity contribution in [2.45, 2.75) is 13.3 Å². The van der Waals surface area contributed by atoms with Crippen LogP contribution >= 0.6 is 0 Å². The summed E-state index contributed by atoms with van der Waals surface area (Å²) in [6.07, 6.45) is 0.710. The smallest absolute Gasteiger partial charge is 0.467 e. The van der Waals surface area contributed by atoms with E-state index >= 15 is 0 Å². The van der Waals surface area contributed by atoms with E-state index in [2.05, 4.69) is 0 Å². The Morgan fingerprint density at radius 2 is 2.21 bits per heavy atom.